The van der Waals surface area contributed by atoms with Gasteiger partial charge in [0.05, 0.1) is 47.0 Å². The molecule has 2 rings (SSSR count). The van der Waals surface area contributed by atoms with Crippen LogP contribution in [-0.4, -0.2) is 41.6 Å². The third kappa shape index (κ3) is 5.68. The fraction of sp³-hybridized carbons (Fsp3) is 0.519. The molecule has 7 heteroatoms. The summed E-state index contributed by atoms with van der Waals surface area (Å²) in [7, 11) is 7.98. The van der Waals surface area contributed by atoms with Gasteiger partial charge in [0.25, 0.3) is 0 Å². The molecule has 0 spiro atoms. The van der Waals surface area contributed by atoms with Crippen molar-refractivity contribution in [1.29, 1.82) is 5.26 Å². The van der Waals surface area contributed by atoms with E-state index in [9.17, 15) is 5.26 Å². The van der Waals surface area contributed by atoms with Crippen LogP contribution >= 0.6 is 0 Å². The third-order valence-corrected chi connectivity index (χ3v) is 6.46. The molecule has 2 aromatic rings. The predicted molar refractivity (Wildman–Crippen MR) is 133 cm³/mol. The summed E-state index contributed by atoms with van der Waals surface area (Å²) in [6.07, 6.45) is 2.92. The number of hydrogen-bond donors (Lipinski definition) is 1. The normalized spacial score (nSPS) is 13.5. The second kappa shape index (κ2) is 12.4. The molecule has 0 saturated carbocycles. The van der Waals surface area contributed by atoms with Gasteiger partial charge in [0, 0.05) is 11.6 Å². The molecule has 0 bridgehead atoms. The van der Waals surface area contributed by atoms with E-state index in [1.807, 2.05) is 30.3 Å². The Balaban J connectivity index is 2.22. The summed E-state index contributed by atoms with van der Waals surface area (Å²) in [5.41, 5.74) is 7.61. The van der Waals surface area contributed by atoms with E-state index in [2.05, 4.69) is 19.9 Å². The van der Waals surface area contributed by atoms with E-state index in [0.717, 1.165) is 24.0 Å². The van der Waals surface area contributed by atoms with Gasteiger partial charge in [-0.2, -0.15) is 5.26 Å². The maximum absolute atomic E-state index is 10.4. The van der Waals surface area contributed by atoms with E-state index in [4.69, 9.17) is 29.4 Å². The fourth-order valence-corrected chi connectivity index (χ4v) is 4.49. The highest BCUT2D eigenvalue weighted by Gasteiger charge is 2.39. The monoisotopic (exact) mass is 470 g/mol. The molecule has 2 aromatic carbocycles. The second-order valence-corrected chi connectivity index (χ2v) is 8.67. The summed E-state index contributed by atoms with van der Waals surface area (Å²) < 4.78 is 27.4. The minimum atomic E-state index is -0.756. The highest BCUT2D eigenvalue weighted by Crippen LogP contribution is 2.48. The molecule has 2 N–H and O–H groups in total. The van der Waals surface area contributed by atoms with Crippen LogP contribution in [0.1, 0.15) is 44.2 Å². The van der Waals surface area contributed by atoms with Crippen molar-refractivity contribution in [2.75, 3.05) is 35.5 Å². The number of nitrogens with two attached hydrogens (primary N) is 1. The fourth-order valence-electron chi connectivity index (χ4n) is 4.49. The molecule has 34 heavy (non-hydrogen) atoms. The molecule has 0 radical (unpaired) electrons. The van der Waals surface area contributed by atoms with Crippen molar-refractivity contribution in [2.24, 2.45) is 11.7 Å². The molecule has 0 aliphatic carbocycles. The van der Waals surface area contributed by atoms with Crippen LogP contribution in [0.5, 0.6) is 28.7 Å². The van der Waals surface area contributed by atoms with E-state index < -0.39 is 5.41 Å². The Kier molecular flexibility index (Phi) is 9.88. The smallest absolute Gasteiger partial charge is 0.203 e. The largest absolute Gasteiger partial charge is 0.493 e. The zero-order valence-corrected chi connectivity index (χ0v) is 21.4. The molecule has 0 aliphatic rings. The van der Waals surface area contributed by atoms with Crippen molar-refractivity contribution in [3.05, 3.63) is 41.5 Å². The summed E-state index contributed by atoms with van der Waals surface area (Å²) in [6.45, 7) is 4.12. The molecule has 186 valence electrons. The minimum absolute atomic E-state index is 0.0473. The Hall–Kier alpha value is -3.11. The van der Waals surface area contributed by atoms with E-state index >= 15 is 0 Å². The van der Waals surface area contributed by atoms with Crippen LogP contribution in [0.25, 0.3) is 0 Å². The van der Waals surface area contributed by atoms with Crippen molar-refractivity contribution < 1.29 is 23.7 Å². The second-order valence-electron chi connectivity index (χ2n) is 8.67. The van der Waals surface area contributed by atoms with Gasteiger partial charge in [0.1, 0.15) is 0 Å². The van der Waals surface area contributed by atoms with Crippen LogP contribution in [0.4, 0.5) is 0 Å². The maximum atomic E-state index is 10.4. The van der Waals surface area contributed by atoms with Gasteiger partial charge in [-0.15, -0.1) is 0 Å². The number of benzene rings is 2. The Morgan fingerprint density at radius 1 is 0.853 bits per heavy atom. The first kappa shape index (κ1) is 27.1. The van der Waals surface area contributed by atoms with Crippen LogP contribution in [0.2, 0.25) is 0 Å². The summed E-state index contributed by atoms with van der Waals surface area (Å²) in [5.74, 6) is 3.03. The average Bonchev–Trinajstić information content (AvgIpc) is 2.85. The van der Waals surface area contributed by atoms with Gasteiger partial charge in [-0.1, -0.05) is 19.9 Å². The first-order valence-electron chi connectivity index (χ1n) is 11.5. The topological polar surface area (TPSA) is 96.0 Å². The van der Waals surface area contributed by atoms with Gasteiger partial charge in [-0.25, -0.2) is 0 Å². The molecule has 2 atom stereocenters. The van der Waals surface area contributed by atoms with Crippen molar-refractivity contribution in [2.45, 2.75) is 51.0 Å². The summed E-state index contributed by atoms with van der Waals surface area (Å²) in [6, 6.07) is 12.1. The van der Waals surface area contributed by atoms with Crippen molar-refractivity contribution in [3.63, 3.8) is 0 Å². The molecule has 0 fully saturated rings. The average molecular weight is 471 g/mol. The Bertz CT molecular complexity index is 986. The van der Waals surface area contributed by atoms with E-state index in [0.29, 0.717) is 41.6 Å². The number of hydrogen-bond acceptors (Lipinski definition) is 7. The molecule has 2 unspecified atom stereocenters. The Morgan fingerprint density at radius 3 is 2.00 bits per heavy atom. The molecular weight excluding hydrogens is 432 g/mol. The van der Waals surface area contributed by atoms with Crippen LogP contribution < -0.4 is 29.4 Å². The first-order valence-corrected chi connectivity index (χ1v) is 11.5. The number of ether oxygens (including phenoxy) is 5. The summed E-state index contributed by atoms with van der Waals surface area (Å²) in [5, 5.41) is 10.4. The van der Waals surface area contributed by atoms with Gasteiger partial charge in [0.15, 0.2) is 23.0 Å². The van der Waals surface area contributed by atoms with E-state index in [1.54, 1.807) is 35.5 Å². The SMILES string of the molecule is COc1ccc(CC(N)CCCC(C#N)(c2ccc(OC)c(OC)c2OC)C(C)C)cc1OC. The molecular formula is C27H38N2O5. The first-order chi connectivity index (χ1) is 16.3. The number of nitriles is 1. The van der Waals surface area contributed by atoms with Crippen LogP contribution in [0.15, 0.2) is 30.3 Å². The Morgan fingerprint density at radius 2 is 1.47 bits per heavy atom. The number of methoxy groups -OCH3 is 5. The standard InChI is InChI=1S/C27H38N2O5/c1-18(2)27(17-28,21-11-13-23(31-4)26(34-7)25(21)33-6)14-8-9-20(29)15-19-10-12-22(30-3)24(16-19)32-5/h10-13,16,18,20H,8-9,14-15,29H2,1-7H3. The number of rotatable bonds is 13. The lowest BCUT2D eigenvalue weighted by atomic mass is 9.69. The molecule has 0 heterocycles. The highest BCUT2D eigenvalue weighted by atomic mass is 16.5. The Labute approximate surface area is 203 Å². The summed E-state index contributed by atoms with van der Waals surface area (Å²) in [4.78, 5) is 0. The summed E-state index contributed by atoms with van der Waals surface area (Å²) >= 11 is 0. The van der Waals surface area contributed by atoms with Crippen molar-refractivity contribution >= 4 is 0 Å². The van der Waals surface area contributed by atoms with Crippen LogP contribution in [0.3, 0.4) is 0 Å². The lowest BCUT2D eigenvalue weighted by Gasteiger charge is -2.33. The third-order valence-electron chi connectivity index (χ3n) is 6.46. The minimum Gasteiger partial charge on any atom is -0.493 e. The van der Waals surface area contributed by atoms with Crippen LogP contribution in [-0.2, 0) is 11.8 Å². The molecule has 7 nitrogen and oxygen atoms in total. The zero-order valence-electron chi connectivity index (χ0n) is 21.4. The van der Waals surface area contributed by atoms with Crippen molar-refractivity contribution in [3.8, 4) is 34.8 Å². The zero-order chi connectivity index (χ0) is 25.3. The highest BCUT2D eigenvalue weighted by molar-refractivity contribution is 5.59. The predicted octanol–water partition coefficient (Wildman–Crippen LogP) is 4.89. The quantitative estimate of drug-likeness (QED) is 0.445. The van der Waals surface area contributed by atoms with Gasteiger partial charge in [0.2, 0.25) is 5.75 Å². The lowest BCUT2D eigenvalue weighted by Crippen LogP contribution is -2.32. The molecule has 0 aliphatic heterocycles. The van der Waals surface area contributed by atoms with Gasteiger partial charge >= 0.3 is 0 Å². The van der Waals surface area contributed by atoms with Crippen molar-refractivity contribution in [1.82, 2.24) is 0 Å². The van der Waals surface area contributed by atoms with E-state index in [1.165, 1.54) is 0 Å². The van der Waals surface area contributed by atoms with Crippen LogP contribution in [0, 0.1) is 17.2 Å². The lowest BCUT2D eigenvalue weighted by molar-refractivity contribution is 0.300. The van der Waals surface area contributed by atoms with Gasteiger partial charge in [-0.3, -0.25) is 0 Å². The van der Waals surface area contributed by atoms with E-state index in [-0.39, 0.29) is 12.0 Å². The maximum Gasteiger partial charge on any atom is 0.203 e. The molecule has 0 amide bonds. The van der Waals surface area contributed by atoms with Gasteiger partial charge < -0.3 is 29.4 Å². The molecule has 0 saturated heterocycles. The molecule has 0 aromatic heterocycles. The van der Waals surface area contributed by atoms with Gasteiger partial charge in [-0.05, 0) is 61.4 Å². The number of nitrogens with zero attached hydrogens (tertiary/aromatic N) is 1.